The van der Waals surface area contributed by atoms with Crippen LogP contribution >= 0.6 is 0 Å². The number of hydrogen-bond acceptors (Lipinski definition) is 3. The van der Waals surface area contributed by atoms with E-state index in [-0.39, 0.29) is 11.3 Å². The third kappa shape index (κ3) is 1.82. The molecule has 1 aromatic heterocycles. The van der Waals surface area contributed by atoms with Crippen LogP contribution in [0.2, 0.25) is 0 Å². The van der Waals surface area contributed by atoms with Crippen LogP contribution in [0, 0.1) is 11.3 Å². The normalized spacial score (nSPS) is 11.7. The van der Waals surface area contributed by atoms with Crippen molar-refractivity contribution in [2.75, 3.05) is 0 Å². The molecule has 0 radical (unpaired) electrons. The summed E-state index contributed by atoms with van der Waals surface area (Å²) in [5.74, 6) is 0.152. The van der Waals surface area contributed by atoms with Gasteiger partial charge in [0.2, 0.25) is 0 Å². The van der Waals surface area contributed by atoms with Crippen molar-refractivity contribution in [3.8, 4) is 6.07 Å². The van der Waals surface area contributed by atoms with Gasteiger partial charge in [-0.1, -0.05) is 30.3 Å². The fourth-order valence-electron chi connectivity index (χ4n) is 1.40. The standard InChI is InChI=1S/C13H9NO2/c14-9-11(10-5-2-1-3-6-10)13(15)12-7-4-8-16-12/h1-8,15H/b13-11-. The largest absolute Gasteiger partial charge is 0.503 e. The van der Waals surface area contributed by atoms with Crippen LogP contribution in [-0.2, 0) is 0 Å². The highest BCUT2D eigenvalue weighted by Gasteiger charge is 2.11. The predicted octanol–water partition coefficient (Wildman–Crippen LogP) is 3.23. The zero-order valence-electron chi connectivity index (χ0n) is 8.42. The van der Waals surface area contributed by atoms with Crippen LogP contribution in [0.1, 0.15) is 11.3 Å². The highest BCUT2D eigenvalue weighted by molar-refractivity contribution is 5.92. The van der Waals surface area contributed by atoms with Gasteiger partial charge in [-0.15, -0.1) is 0 Å². The van der Waals surface area contributed by atoms with Crippen molar-refractivity contribution in [1.29, 1.82) is 5.26 Å². The fraction of sp³-hybridized carbons (Fsp3) is 0. The molecule has 1 N–H and O–H groups in total. The molecule has 0 saturated carbocycles. The highest BCUT2D eigenvalue weighted by Crippen LogP contribution is 2.23. The highest BCUT2D eigenvalue weighted by atomic mass is 16.4. The molecule has 0 aliphatic heterocycles. The van der Waals surface area contributed by atoms with Gasteiger partial charge in [0.1, 0.15) is 11.6 Å². The van der Waals surface area contributed by atoms with Gasteiger partial charge in [-0.2, -0.15) is 5.26 Å². The van der Waals surface area contributed by atoms with Gasteiger partial charge < -0.3 is 9.52 Å². The molecule has 0 aliphatic rings. The number of aliphatic hydroxyl groups is 1. The van der Waals surface area contributed by atoms with Crippen LogP contribution in [0.5, 0.6) is 0 Å². The van der Waals surface area contributed by atoms with E-state index in [2.05, 4.69) is 0 Å². The van der Waals surface area contributed by atoms with Crippen molar-refractivity contribution < 1.29 is 9.52 Å². The molecule has 0 atom stereocenters. The van der Waals surface area contributed by atoms with E-state index >= 15 is 0 Å². The van der Waals surface area contributed by atoms with Gasteiger partial charge in [-0.25, -0.2) is 0 Å². The van der Waals surface area contributed by atoms with E-state index in [0.717, 1.165) is 0 Å². The summed E-state index contributed by atoms with van der Waals surface area (Å²) in [7, 11) is 0. The monoisotopic (exact) mass is 211 g/mol. The summed E-state index contributed by atoms with van der Waals surface area (Å²) in [6.07, 6.45) is 1.45. The zero-order valence-corrected chi connectivity index (χ0v) is 8.42. The Morgan fingerprint density at radius 2 is 1.88 bits per heavy atom. The van der Waals surface area contributed by atoms with Crippen LogP contribution in [0.4, 0.5) is 0 Å². The van der Waals surface area contributed by atoms with Gasteiger partial charge in [0.25, 0.3) is 0 Å². The summed E-state index contributed by atoms with van der Waals surface area (Å²) in [5, 5.41) is 18.9. The van der Waals surface area contributed by atoms with Gasteiger partial charge in [-0.05, 0) is 17.7 Å². The molecule has 16 heavy (non-hydrogen) atoms. The second-order valence-electron chi connectivity index (χ2n) is 3.18. The van der Waals surface area contributed by atoms with Crippen molar-refractivity contribution in [3.63, 3.8) is 0 Å². The number of hydrogen-bond donors (Lipinski definition) is 1. The summed E-state index contributed by atoms with van der Waals surface area (Å²) in [6.45, 7) is 0. The van der Waals surface area contributed by atoms with Crippen molar-refractivity contribution in [2.24, 2.45) is 0 Å². The molecule has 0 amide bonds. The lowest BCUT2D eigenvalue weighted by atomic mass is 10.1. The first-order chi connectivity index (χ1) is 7.83. The molecule has 3 nitrogen and oxygen atoms in total. The Bertz CT molecular complexity index is 533. The van der Waals surface area contributed by atoms with Gasteiger partial charge >= 0.3 is 0 Å². The molecule has 0 aliphatic carbocycles. The van der Waals surface area contributed by atoms with E-state index in [1.54, 1.807) is 24.3 Å². The van der Waals surface area contributed by atoms with Gasteiger partial charge in [0.05, 0.1) is 6.26 Å². The molecule has 1 aromatic carbocycles. The van der Waals surface area contributed by atoms with Crippen LogP contribution in [0.15, 0.2) is 53.1 Å². The predicted molar refractivity (Wildman–Crippen MR) is 60.2 cm³/mol. The number of nitriles is 1. The maximum Gasteiger partial charge on any atom is 0.177 e. The molecular weight excluding hydrogens is 202 g/mol. The van der Waals surface area contributed by atoms with Crippen molar-refractivity contribution >= 4 is 11.3 Å². The molecule has 0 unspecified atom stereocenters. The quantitative estimate of drug-likeness (QED) is 0.612. The number of furan rings is 1. The number of allylic oxidation sites excluding steroid dienone is 1. The van der Waals surface area contributed by atoms with Crippen LogP contribution in [-0.4, -0.2) is 5.11 Å². The minimum Gasteiger partial charge on any atom is -0.503 e. The van der Waals surface area contributed by atoms with Crippen molar-refractivity contribution in [2.45, 2.75) is 0 Å². The molecule has 1 heterocycles. The average Bonchev–Trinajstić information content (AvgIpc) is 2.85. The third-order valence-corrected chi connectivity index (χ3v) is 2.17. The average molecular weight is 211 g/mol. The number of aliphatic hydroxyl groups excluding tert-OH is 1. The molecule has 0 bridgehead atoms. The Balaban J connectivity index is 2.52. The Hall–Kier alpha value is -2.47. The van der Waals surface area contributed by atoms with E-state index in [0.29, 0.717) is 11.3 Å². The summed E-state index contributed by atoms with van der Waals surface area (Å²) < 4.78 is 5.04. The lowest BCUT2D eigenvalue weighted by molar-refractivity contribution is 0.461. The van der Waals surface area contributed by atoms with E-state index in [1.807, 2.05) is 24.3 Å². The maximum atomic E-state index is 9.89. The van der Waals surface area contributed by atoms with Gasteiger partial charge in [0, 0.05) is 0 Å². The first kappa shape index (κ1) is 10.1. The third-order valence-electron chi connectivity index (χ3n) is 2.17. The zero-order chi connectivity index (χ0) is 11.4. The Morgan fingerprint density at radius 3 is 2.44 bits per heavy atom. The van der Waals surface area contributed by atoms with Crippen molar-refractivity contribution in [3.05, 3.63) is 60.1 Å². The summed E-state index contributed by atoms with van der Waals surface area (Å²) in [6, 6.07) is 14.2. The number of benzene rings is 1. The first-order valence-corrected chi connectivity index (χ1v) is 4.75. The molecule has 3 heteroatoms. The minimum atomic E-state index is -0.140. The first-order valence-electron chi connectivity index (χ1n) is 4.75. The fourth-order valence-corrected chi connectivity index (χ4v) is 1.40. The molecule has 0 saturated heterocycles. The van der Waals surface area contributed by atoms with Crippen LogP contribution < -0.4 is 0 Å². The summed E-state index contributed by atoms with van der Waals surface area (Å²) >= 11 is 0. The molecule has 2 aromatic rings. The lowest BCUT2D eigenvalue weighted by Gasteiger charge is -2.01. The topological polar surface area (TPSA) is 57.2 Å². The smallest absolute Gasteiger partial charge is 0.177 e. The minimum absolute atomic E-state index is 0.140. The Kier molecular flexibility index (Phi) is 2.75. The van der Waals surface area contributed by atoms with E-state index in [4.69, 9.17) is 9.68 Å². The van der Waals surface area contributed by atoms with E-state index < -0.39 is 0 Å². The second-order valence-corrected chi connectivity index (χ2v) is 3.18. The Labute approximate surface area is 92.9 Å². The molecule has 2 rings (SSSR count). The Morgan fingerprint density at radius 1 is 1.12 bits per heavy atom. The molecule has 78 valence electrons. The lowest BCUT2D eigenvalue weighted by Crippen LogP contribution is -1.88. The van der Waals surface area contributed by atoms with Gasteiger partial charge in [-0.3, -0.25) is 0 Å². The summed E-state index contributed by atoms with van der Waals surface area (Å²) in [5.41, 5.74) is 0.870. The molecular formula is C13H9NO2. The molecule has 0 fully saturated rings. The van der Waals surface area contributed by atoms with Crippen molar-refractivity contribution in [1.82, 2.24) is 0 Å². The second kappa shape index (κ2) is 4.37. The number of rotatable bonds is 2. The van der Waals surface area contributed by atoms with E-state index in [9.17, 15) is 5.11 Å². The maximum absolute atomic E-state index is 9.89. The van der Waals surface area contributed by atoms with Crippen LogP contribution in [0.25, 0.3) is 11.3 Å². The summed E-state index contributed by atoms with van der Waals surface area (Å²) in [4.78, 5) is 0. The number of nitrogens with zero attached hydrogens (tertiary/aromatic N) is 1. The SMILES string of the molecule is N#C/C(=C(/O)c1ccco1)c1ccccc1. The van der Waals surface area contributed by atoms with Gasteiger partial charge in [0.15, 0.2) is 11.5 Å². The van der Waals surface area contributed by atoms with Crippen LogP contribution in [0.3, 0.4) is 0 Å². The molecule has 0 spiro atoms. The van der Waals surface area contributed by atoms with E-state index in [1.165, 1.54) is 6.26 Å².